The molecular weight excluding hydrogens is 259 g/mol. The molecule has 3 aromatic rings. The summed E-state index contributed by atoms with van der Waals surface area (Å²) in [5, 5.41) is 0.301. The van der Waals surface area contributed by atoms with E-state index in [4.69, 9.17) is 4.42 Å². The molecule has 0 aliphatic rings. The van der Waals surface area contributed by atoms with Crippen LogP contribution in [0.5, 0.6) is 0 Å². The summed E-state index contributed by atoms with van der Waals surface area (Å²) >= 11 is 0. The third-order valence-corrected chi connectivity index (χ3v) is 3.04. The van der Waals surface area contributed by atoms with Gasteiger partial charge < -0.3 is 4.42 Å². The van der Waals surface area contributed by atoms with E-state index < -0.39 is 17.0 Å². The first-order valence-electron chi connectivity index (χ1n) is 5.98. The Morgan fingerprint density at radius 1 is 0.950 bits per heavy atom. The monoisotopic (exact) mass is 268 g/mol. The van der Waals surface area contributed by atoms with Crippen molar-refractivity contribution in [1.82, 2.24) is 0 Å². The normalized spacial score (nSPS) is 10.7. The van der Waals surface area contributed by atoms with Crippen molar-refractivity contribution in [2.24, 2.45) is 0 Å². The van der Waals surface area contributed by atoms with E-state index in [-0.39, 0.29) is 11.1 Å². The van der Waals surface area contributed by atoms with Crippen molar-refractivity contribution in [2.45, 2.75) is 0 Å². The zero-order valence-corrected chi connectivity index (χ0v) is 10.3. The van der Waals surface area contributed by atoms with Gasteiger partial charge in [0, 0.05) is 0 Å². The maximum Gasteiger partial charge on any atom is 0.203 e. The highest BCUT2D eigenvalue weighted by Crippen LogP contribution is 2.15. The minimum absolute atomic E-state index is 0.143. The van der Waals surface area contributed by atoms with Gasteiger partial charge in [-0.3, -0.25) is 9.59 Å². The SMILES string of the molecule is O=C(c1ccccc1F)c1coc2ccccc2c1=O. The number of hydrogen-bond acceptors (Lipinski definition) is 3. The van der Waals surface area contributed by atoms with Gasteiger partial charge in [-0.2, -0.15) is 0 Å². The number of benzene rings is 2. The Kier molecular flexibility index (Phi) is 2.91. The number of carbonyl (C=O) groups excluding carboxylic acids is 1. The van der Waals surface area contributed by atoms with Crippen LogP contribution in [0.1, 0.15) is 15.9 Å². The van der Waals surface area contributed by atoms with Gasteiger partial charge in [0.2, 0.25) is 11.2 Å². The second-order valence-corrected chi connectivity index (χ2v) is 4.28. The Hall–Kier alpha value is -2.75. The summed E-state index contributed by atoms with van der Waals surface area (Å²) in [5.41, 5.74) is -0.383. The van der Waals surface area contributed by atoms with Crippen molar-refractivity contribution in [3.63, 3.8) is 0 Å². The standard InChI is InChI=1S/C16H9FO3/c17-13-7-3-1-5-10(13)15(18)12-9-20-14-8-4-2-6-11(14)16(12)19/h1-9H. The van der Waals surface area contributed by atoms with E-state index in [1.54, 1.807) is 30.3 Å². The number of ketones is 1. The zero-order chi connectivity index (χ0) is 14.1. The molecule has 0 radical (unpaired) electrons. The van der Waals surface area contributed by atoms with Crippen LogP contribution in [0.2, 0.25) is 0 Å². The van der Waals surface area contributed by atoms with Gasteiger partial charge in [-0.25, -0.2) is 4.39 Å². The van der Waals surface area contributed by atoms with E-state index in [0.717, 1.165) is 6.26 Å². The third kappa shape index (κ3) is 1.91. The lowest BCUT2D eigenvalue weighted by Gasteiger charge is -2.03. The van der Waals surface area contributed by atoms with Crippen LogP contribution in [-0.2, 0) is 0 Å². The Labute approximate surface area is 113 Å². The van der Waals surface area contributed by atoms with E-state index >= 15 is 0 Å². The molecule has 0 spiro atoms. The van der Waals surface area contributed by atoms with Crippen molar-refractivity contribution in [3.05, 3.63) is 82.0 Å². The van der Waals surface area contributed by atoms with Gasteiger partial charge >= 0.3 is 0 Å². The van der Waals surface area contributed by atoms with E-state index in [0.29, 0.717) is 11.0 Å². The van der Waals surface area contributed by atoms with Gasteiger partial charge in [0.15, 0.2) is 0 Å². The van der Waals surface area contributed by atoms with E-state index in [9.17, 15) is 14.0 Å². The number of hydrogen-bond donors (Lipinski definition) is 0. The Morgan fingerprint density at radius 3 is 2.45 bits per heavy atom. The molecule has 1 aromatic heterocycles. The summed E-state index contributed by atoms with van der Waals surface area (Å²) in [6.07, 6.45) is 1.08. The molecule has 0 N–H and O–H groups in total. The smallest absolute Gasteiger partial charge is 0.203 e. The lowest BCUT2D eigenvalue weighted by molar-refractivity contribution is 0.103. The van der Waals surface area contributed by atoms with E-state index in [1.807, 2.05) is 0 Å². The van der Waals surface area contributed by atoms with Crippen LogP contribution in [0.4, 0.5) is 4.39 Å². The first-order valence-corrected chi connectivity index (χ1v) is 5.98. The molecule has 1 heterocycles. The van der Waals surface area contributed by atoms with Crippen molar-refractivity contribution in [1.29, 1.82) is 0 Å². The van der Waals surface area contributed by atoms with E-state index in [2.05, 4.69) is 0 Å². The molecule has 0 aliphatic carbocycles. The van der Waals surface area contributed by atoms with Gasteiger partial charge in [-0.1, -0.05) is 24.3 Å². The topological polar surface area (TPSA) is 47.3 Å². The zero-order valence-electron chi connectivity index (χ0n) is 10.3. The first kappa shape index (κ1) is 12.3. The van der Waals surface area contributed by atoms with Crippen LogP contribution >= 0.6 is 0 Å². The maximum atomic E-state index is 13.6. The number of carbonyl (C=O) groups is 1. The van der Waals surface area contributed by atoms with Gasteiger partial charge in [-0.15, -0.1) is 0 Å². The summed E-state index contributed by atoms with van der Waals surface area (Å²) in [6.45, 7) is 0. The average Bonchev–Trinajstić information content (AvgIpc) is 2.48. The molecule has 0 amide bonds. The fourth-order valence-corrected chi connectivity index (χ4v) is 2.03. The van der Waals surface area contributed by atoms with Gasteiger partial charge in [-0.05, 0) is 24.3 Å². The Balaban J connectivity index is 2.21. The van der Waals surface area contributed by atoms with E-state index in [1.165, 1.54) is 18.2 Å². The second-order valence-electron chi connectivity index (χ2n) is 4.28. The summed E-state index contributed by atoms with van der Waals surface area (Å²) in [5.74, 6) is -1.34. The van der Waals surface area contributed by atoms with Crippen molar-refractivity contribution >= 4 is 16.8 Å². The highest BCUT2D eigenvalue weighted by molar-refractivity contribution is 6.09. The molecule has 0 saturated heterocycles. The average molecular weight is 268 g/mol. The first-order chi connectivity index (χ1) is 9.68. The minimum atomic E-state index is -0.678. The highest BCUT2D eigenvalue weighted by atomic mass is 19.1. The second kappa shape index (κ2) is 4.74. The maximum absolute atomic E-state index is 13.6. The van der Waals surface area contributed by atoms with Crippen molar-refractivity contribution in [3.8, 4) is 0 Å². The Bertz CT molecular complexity index is 865. The molecule has 4 heteroatoms. The van der Waals surface area contributed by atoms with Gasteiger partial charge in [0.1, 0.15) is 23.2 Å². The lowest BCUT2D eigenvalue weighted by Crippen LogP contribution is -2.16. The van der Waals surface area contributed by atoms with Crippen LogP contribution in [0.15, 0.2) is 64.0 Å². The molecule has 0 aliphatic heterocycles. The van der Waals surface area contributed by atoms with Crippen molar-refractivity contribution in [2.75, 3.05) is 0 Å². The summed E-state index contributed by atoms with van der Waals surface area (Å²) in [6, 6.07) is 12.1. The minimum Gasteiger partial charge on any atom is -0.463 e. The van der Waals surface area contributed by atoms with Crippen LogP contribution < -0.4 is 5.43 Å². The molecule has 2 aromatic carbocycles. The van der Waals surface area contributed by atoms with Crippen LogP contribution in [-0.4, -0.2) is 5.78 Å². The fourth-order valence-electron chi connectivity index (χ4n) is 2.03. The quantitative estimate of drug-likeness (QED) is 0.671. The summed E-state index contributed by atoms with van der Waals surface area (Å²) < 4.78 is 18.9. The number of halogens is 1. The highest BCUT2D eigenvalue weighted by Gasteiger charge is 2.18. The molecule has 20 heavy (non-hydrogen) atoms. The van der Waals surface area contributed by atoms with Crippen LogP contribution in [0.3, 0.4) is 0 Å². The Morgan fingerprint density at radius 2 is 1.65 bits per heavy atom. The third-order valence-electron chi connectivity index (χ3n) is 3.04. The molecule has 0 unspecified atom stereocenters. The summed E-state index contributed by atoms with van der Waals surface area (Å²) in [7, 11) is 0. The predicted octanol–water partition coefficient (Wildman–Crippen LogP) is 3.16. The molecule has 0 atom stereocenters. The van der Waals surface area contributed by atoms with Gasteiger partial charge in [0.25, 0.3) is 0 Å². The molecule has 98 valence electrons. The molecule has 3 rings (SSSR count). The van der Waals surface area contributed by atoms with Crippen LogP contribution in [0.25, 0.3) is 11.0 Å². The van der Waals surface area contributed by atoms with Crippen molar-refractivity contribution < 1.29 is 13.6 Å². The number of fused-ring (bicyclic) bond motifs is 1. The number of rotatable bonds is 2. The molecule has 0 bridgehead atoms. The molecule has 0 saturated carbocycles. The van der Waals surface area contributed by atoms with Crippen LogP contribution in [0, 0.1) is 5.82 Å². The molecule has 0 fully saturated rings. The fraction of sp³-hybridized carbons (Fsp3) is 0. The molecular formula is C16H9FO3. The number of para-hydroxylation sites is 1. The lowest BCUT2D eigenvalue weighted by atomic mass is 10.0. The molecule has 3 nitrogen and oxygen atoms in total. The predicted molar refractivity (Wildman–Crippen MR) is 72.3 cm³/mol. The van der Waals surface area contributed by atoms with Gasteiger partial charge in [0.05, 0.1) is 10.9 Å². The largest absolute Gasteiger partial charge is 0.463 e. The summed E-state index contributed by atoms with van der Waals surface area (Å²) in [4.78, 5) is 24.5.